The molecule has 0 spiro atoms. The van der Waals surface area contributed by atoms with E-state index in [9.17, 15) is 0 Å². The summed E-state index contributed by atoms with van der Waals surface area (Å²) in [4.78, 5) is 19.8. The second-order valence-corrected chi connectivity index (χ2v) is 11.9. The molecule has 0 fully saturated rings. The first-order chi connectivity index (χ1) is 24.3. The molecule has 0 radical (unpaired) electrons. The average Bonchev–Trinajstić information content (AvgIpc) is 3.57. The number of hydrogen-bond acceptors (Lipinski definition) is 5. The van der Waals surface area contributed by atoms with Crippen molar-refractivity contribution in [2.24, 2.45) is 0 Å². The first kappa shape index (κ1) is 28.5. The maximum Gasteiger partial charge on any atom is 0.227 e. The van der Waals surface area contributed by atoms with E-state index < -0.39 is 0 Å². The Hall–Kier alpha value is -6.72. The van der Waals surface area contributed by atoms with Gasteiger partial charge >= 0.3 is 0 Å². The van der Waals surface area contributed by atoms with Gasteiger partial charge in [0.15, 0.2) is 17.5 Å². The molecule has 5 heteroatoms. The van der Waals surface area contributed by atoms with Crippen LogP contribution < -0.4 is 0 Å². The molecular weight excluding hydrogens is 601 g/mol. The SMILES string of the molecule is c1ccc(-c2ccc(-c3cc(-c4nc(-c5ccccc5)nc(-c5ccc(-c6ccccc6)cc5)n4)c4c(c3)oc3ncccc34)cc2)cc1. The smallest absolute Gasteiger partial charge is 0.227 e. The van der Waals surface area contributed by atoms with E-state index in [2.05, 4.69) is 114 Å². The van der Waals surface area contributed by atoms with Crippen molar-refractivity contribution in [3.05, 3.63) is 170 Å². The minimum Gasteiger partial charge on any atom is -0.438 e. The van der Waals surface area contributed by atoms with Crippen LogP contribution >= 0.6 is 0 Å². The molecule has 3 aromatic heterocycles. The van der Waals surface area contributed by atoms with Gasteiger partial charge in [0.1, 0.15) is 5.58 Å². The van der Waals surface area contributed by atoms with Gasteiger partial charge in [-0.1, -0.05) is 140 Å². The molecule has 5 nitrogen and oxygen atoms in total. The average molecular weight is 629 g/mol. The van der Waals surface area contributed by atoms with Crippen molar-refractivity contribution in [3.8, 4) is 67.5 Å². The Morgan fingerprint density at radius 1 is 0.367 bits per heavy atom. The van der Waals surface area contributed by atoms with Crippen LogP contribution in [0.5, 0.6) is 0 Å². The molecule has 0 unspecified atom stereocenters. The maximum absolute atomic E-state index is 6.37. The Balaban J connectivity index is 1.24. The molecule has 3 heterocycles. The number of rotatable bonds is 6. The van der Waals surface area contributed by atoms with Crippen LogP contribution in [0, 0.1) is 0 Å². The Morgan fingerprint density at radius 2 is 0.816 bits per heavy atom. The third-order valence-electron chi connectivity index (χ3n) is 8.83. The zero-order valence-corrected chi connectivity index (χ0v) is 26.4. The summed E-state index contributed by atoms with van der Waals surface area (Å²) in [7, 11) is 0. The van der Waals surface area contributed by atoms with E-state index in [1.807, 2.05) is 54.6 Å². The molecule has 49 heavy (non-hydrogen) atoms. The number of benzene rings is 6. The van der Waals surface area contributed by atoms with E-state index in [1.165, 1.54) is 5.56 Å². The fourth-order valence-corrected chi connectivity index (χ4v) is 6.35. The van der Waals surface area contributed by atoms with Gasteiger partial charge in [-0.05, 0) is 57.6 Å². The molecule has 0 amide bonds. The van der Waals surface area contributed by atoms with Crippen molar-refractivity contribution in [3.63, 3.8) is 0 Å². The van der Waals surface area contributed by atoms with Gasteiger partial charge in [-0.3, -0.25) is 0 Å². The lowest BCUT2D eigenvalue weighted by Gasteiger charge is -2.12. The molecule has 0 bridgehead atoms. The highest BCUT2D eigenvalue weighted by Crippen LogP contribution is 2.39. The molecule has 0 N–H and O–H groups in total. The van der Waals surface area contributed by atoms with E-state index >= 15 is 0 Å². The molecular formula is C44H28N4O. The predicted octanol–water partition coefficient (Wildman–Crippen LogP) is 11.2. The zero-order chi connectivity index (χ0) is 32.6. The summed E-state index contributed by atoms with van der Waals surface area (Å²) in [5, 5.41) is 1.83. The lowest BCUT2D eigenvalue weighted by Crippen LogP contribution is -2.00. The van der Waals surface area contributed by atoms with Crippen LogP contribution in [0.2, 0.25) is 0 Å². The summed E-state index contributed by atoms with van der Waals surface area (Å²) in [5.41, 5.74) is 10.7. The van der Waals surface area contributed by atoms with Gasteiger partial charge < -0.3 is 4.42 Å². The fraction of sp³-hybridized carbons (Fsp3) is 0. The summed E-state index contributed by atoms with van der Waals surface area (Å²) in [6, 6.07) is 56.0. The second kappa shape index (κ2) is 12.1. The van der Waals surface area contributed by atoms with Crippen molar-refractivity contribution in [1.82, 2.24) is 19.9 Å². The van der Waals surface area contributed by atoms with Gasteiger partial charge in [-0.25, -0.2) is 19.9 Å². The minimum absolute atomic E-state index is 0.565. The Kier molecular flexibility index (Phi) is 7.06. The molecule has 0 aliphatic heterocycles. The van der Waals surface area contributed by atoms with Gasteiger partial charge in [-0.15, -0.1) is 0 Å². The van der Waals surface area contributed by atoms with Crippen LogP contribution in [0.3, 0.4) is 0 Å². The standard InChI is InChI=1S/C44H28N4O/c1-4-11-29(12-5-1)31-18-20-33(21-19-31)36-27-38(40-37-17-10-26-45-44(37)49-39(40)28-36)43-47-41(34-15-8-3-9-16-34)46-42(48-43)35-24-22-32(23-25-35)30-13-6-2-7-14-30/h1-28H. The minimum atomic E-state index is 0.565. The lowest BCUT2D eigenvalue weighted by atomic mass is 9.96. The molecule has 9 rings (SSSR count). The molecule has 0 saturated carbocycles. The highest BCUT2D eigenvalue weighted by Gasteiger charge is 2.20. The number of fused-ring (bicyclic) bond motifs is 3. The molecule has 0 aliphatic carbocycles. The number of hydrogen-bond donors (Lipinski definition) is 0. The van der Waals surface area contributed by atoms with Crippen LogP contribution in [0.25, 0.3) is 89.6 Å². The van der Waals surface area contributed by atoms with Gasteiger partial charge in [0.05, 0.1) is 0 Å². The lowest BCUT2D eigenvalue weighted by molar-refractivity contribution is 0.654. The van der Waals surface area contributed by atoms with Crippen molar-refractivity contribution < 1.29 is 4.42 Å². The predicted molar refractivity (Wildman–Crippen MR) is 198 cm³/mol. The Labute approximate surface area is 283 Å². The molecule has 230 valence electrons. The highest BCUT2D eigenvalue weighted by atomic mass is 16.3. The van der Waals surface area contributed by atoms with Crippen molar-refractivity contribution in [2.45, 2.75) is 0 Å². The van der Waals surface area contributed by atoms with Crippen LogP contribution in [-0.2, 0) is 0 Å². The van der Waals surface area contributed by atoms with Crippen LogP contribution in [0.4, 0.5) is 0 Å². The van der Waals surface area contributed by atoms with Crippen molar-refractivity contribution >= 4 is 22.1 Å². The summed E-state index contributed by atoms with van der Waals surface area (Å²) >= 11 is 0. The van der Waals surface area contributed by atoms with E-state index in [4.69, 9.17) is 19.4 Å². The third-order valence-corrected chi connectivity index (χ3v) is 8.83. The van der Waals surface area contributed by atoms with E-state index in [0.29, 0.717) is 23.2 Å². The number of pyridine rings is 1. The monoisotopic (exact) mass is 628 g/mol. The van der Waals surface area contributed by atoms with Gasteiger partial charge in [0, 0.05) is 33.7 Å². The summed E-state index contributed by atoms with van der Waals surface area (Å²) < 4.78 is 6.37. The number of aromatic nitrogens is 4. The van der Waals surface area contributed by atoms with E-state index in [1.54, 1.807) is 6.20 Å². The molecule has 0 saturated heterocycles. The Morgan fingerprint density at radius 3 is 1.39 bits per heavy atom. The summed E-state index contributed by atoms with van der Waals surface area (Å²) in [6.07, 6.45) is 1.75. The summed E-state index contributed by atoms with van der Waals surface area (Å²) in [6.45, 7) is 0. The van der Waals surface area contributed by atoms with Crippen LogP contribution in [0.15, 0.2) is 174 Å². The normalized spacial score (nSPS) is 11.3. The summed E-state index contributed by atoms with van der Waals surface area (Å²) in [5.74, 6) is 1.76. The first-order valence-corrected chi connectivity index (χ1v) is 16.2. The molecule has 0 aliphatic rings. The largest absolute Gasteiger partial charge is 0.438 e. The number of nitrogens with zero attached hydrogens (tertiary/aromatic N) is 4. The fourth-order valence-electron chi connectivity index (χ4n) is 6.35. The van der Waals surface area contributed by atoms with Crippen molar-refractivity contribution in [2.75, 3.05) is 0 Å². The van der Waals surface area contributed by atoms with Gasteiger partial charge in [-0.2, -0.15) is 0 Å². The van der Waals surface area contributed by atoms with E-state index in [0.717, 1.165) is 60.9 Å². The van der Waals surface area contributed by atoms with Crippen LogP contribution in [-0.4, -0.2) is 19.9 Å². The topological polar surface area (TPSA) is 64.7 Å². The zero-order valence-electron chi connectivity index (χ0n) is 26.4. The third kappa shape index (κ3) is 5.43. The molecule has 0 atom stereocenters. The first-order valence-electron chi connectivity index (χ1n) is 16.2. The van der Waals surface area contributed by atoms with Gasteiger partial charge in [0.25, 0.3) is 0 Å². The number of furan rings is 1. The second-order valence-electron chi connectivity index (χ2n) is 11.9. The highest BCUT2D eigenvalue weighted by molar-refractivity contribution is 6.12. The van der Waals surface area contributed by atoms with Crippen molar-refractivity contribution in [1.29, 1.82) is 0 Å². The molecule has 9 aromatic rings. The van der Waals surface area contributed by atoms with Gasteiger partial charge in [0.2, 0.25) is 5.71 Å². The maximum atomic E-state index is 6.37. The van der Waals surface area contributed by atoms with E-state index in [-0.39, 0.29) is 0 Å². The van der Waals surface area contributed by atoms with Crippen LogP contribution in [0.1, 0.15) is 0 Å². The quantitative estimate of drug-likeness (QED) is 0.183. The Bertz CT molecular complexity index is 2560. The molecule has 6 aromatic carbocycles.